The molecule has 0 unspecified atom stereocenters. The molecule has 0 radical (unpaired) electrons. The van der Waals surface area contributed by atoms with Crippen LogP contribution in [-0.4, -0.2) is 46.1 Å². The van der Waals surface area contributed by atoms with Gasteiger partial charge in [0.2, 0.25) is 0 Å². The van der Waals surface area contributed by atoms with E-state index in [9.17, 15) is 16.8 Å². The Kier molecular flexibility index (Phi) is 8.27. The van der Waals surface area contributed by atoms with Crippen LogP contribution in [0.2, 0.25) is 0 Å². The first kappa shape index (κ1) is 32.2. The fourth-order valence-electron chi connectivity index (χ4n) is 6.26. The topological polar surface area (TPSA) is 106 Å². The highest BCUT2D eigenvalue weighted by Gasteiger charge is 2.30. The molecule has 0 aliphatic rings. The Morgan fingerprint density at radius 2 is 1.02 bits per heavy atom. The summed E-state index contributed by atoms with van der Waals surface area (Å²) in [5, 5.41) is 1.24. The van der Waals surface area contributed by atoms with Crippen LogP contribution in [0.1, 0.15) is 5.56 Å². The maximum atomic E-state index is 14.6. The van der Waals surface area contributed by atoms with Crippen molar-refractivity contribution in [2.45, 2.75) is 16.4 Å². The molecule has 9 nitrogen and oxygen atoms in total. The zero-order valence-corrected chi connectivity index (χ0v) is 28.5. The van der Waals surface area contributed by atoms with E-state index in [2.05, 4.69) is 0 Å². The van der Waals surface area contributed by atoms with Gasteiger partial charge in [0, 0.05) is 29.0 Å². The molecular formula is C38H32N2O7S2. The number of hydrogen-bond acceptors (Lipinski definition) is 7. The molecule has 2 aromatic heterocycles. The Hall–Kier alpha value is -5.36. The van der Waals surface area contributed by atoms with Crippen molar-refractivity contribution in [3.05, 3.63) is 133 Å². The monoisotopic (exact) mass is 692 g/mol. The summed E-state index contributed by atoms with van der Waals surface area (Å²) in [4.78, 5) is 0.204. The lowest BCUT2D eigenvalue weighted by atomic mass is 9.96. The number of nitrogens with zero attached hydrogens (tertiary/aromatic N) is 2. The van der Waals surface area contributed by atoms with Crippen molar-refractivity contribution in [1.29, 1.82) is 0 Å². The Morgan fingerprint density at radius 1 is 0.531 bits per heavy atom. The van der Waals surface area contributed by atoms with Gasteiger partial charge in [-0.15, -0.1) is 0 Å². The van der Waals surface area contributed by atoms with Gasteiger partial charge in [-0.3, -0.25) is 0 Å². The maximum absolute atomic E-state index is 14.6. The number of ether oxygens (including phenoxy) is 3. The zero-order chi connectivity index (χ0) is 34.3. The molecule has 11 heteroatoms. The third-order valence-electron chi connectivity index (χ3n) is 8.47. The summed E-state index contributed by atoms with van der Waals surface area (Å²) in [6.07, 6.45) is 0. The second kappa shape index (κ2) is 12.6. The van der Waals surface area contributed by atoms with Gasteiger partial charge >= 0.3 is 0 Å². The van der Waals surface area contributed by atoms with Crippen LogP contribution in [-0.2, 0) is 31.4 Å². The standard InChI is InChI=1S/C38H32N2O7S2/c1-45-25-26-11-10-16-33(36-23-27-21-29(46-2)17-19-34(27)39(36)48(41,42)31-12-6-4-7-13-31)38(26)37-24-28-22-30(47-3)18-20-35(28)40(37)49(43,44)32-14-8-5-9-15-32/h4-24H,25H2,1-3H3. The van der Waals surface area contributed by atoms with Crippen LogP contribution >= 0.6 is 0 Å². The normalized spacial score (nSPS) is 12.1. The number of aromatic nitrogens is 2. The Morgan fingerprint density at radius 3 is 1.51 bits per heavy atom. The van der Waals surface area contributed by atoms with Crippen molar-refractivity contribution in [3.63, 3.8) is 0 Å². The SMILES string of the molecule is COCc1cccc(-c2cc3cc(OC)ccc3n2S(=O)(=O)c2ccccc2)c1-c1cc2cc(OC)ccc2n1S(=O)(=O)c1ccccc1. The average molecular weight is 693 g/mol. The largest absolute Gasteiger partial charge is 0.497 e. The first-order valence-electron chi connectivity index (χ1n) is 15.3. The Labute approximate surface area is 284 Å². The van der Waals surface area contributed by atoms with Crippen LogP contribution < -0.4 is 9.47 Å². The van der Waals surface area contributed by atoms with E-state index in [4.69, 9.17) is 14.2 Å². The van der Waals surface area contributed by atoms with E-state index in [0.717, 1.165) is 0 Å². The van der Waals surface area contributed by atoms with Crippen molar-refractivity contribution < 1.29 is 31.0 Å². The highest BCUT2D eigenvalue weighted by atomic mass is 32.2. The Balaban J connectivity index is 1.62. The van der Waals surface area contributed by atoms with Crippen molar-refractivity contribution >= 4 is 41.9 Å². The van der Waals surface area contributed by atoms with Crippen molar-refractivity contribution in [2.75, 3.05) is 21.3 Å². The fourth-order valence-corrected chi connectivity index (χ4v) is 9.35. The number of benzene rings is 5. The predicted molar refractivity (Wildman–Crippen MR) is 190 cm³/mol. The van der Waals surface area contributed by atoms with Crippen LogP contribution in [0.5, 0.6) is 11.5 Å². The van der Waals surface area contributed by atoms with E-state index in [0.29, 0.717) is 61.4 Å². The molecule has 0 N–H and O–H groups in total. The zero-order valence-electron chi connectivity index (χ0n) is 26.9. The van der Waals surface area contributed by atoms with Gasteiger partial charge in [0.1, 0.15) is 11.5 Å². The second-order valence-electron chi connectivity index (χ2n) is 11.3. The molecule has 0 aliphatic carbocycles. The fraction of sp³-hybridized carbons (Fsp3) is 0.105. The molecule has 7 aromatic rings. The van der Waals surface area contributed by atoms with Gasteiger partial charge < -0.3 is 14.2 Å². The summed E-state index contributed by atoms with van der Waals surface area (Å²) >= 11 is 0. The molecule has 49 heavy (non-hydrogen) atoms. The van der Waals surface area contributed by atoms with E-state index in [1.165, 1.54) is 7.94 Å². The first-order chi connectivity index (χ1) is 23.7. The predicted octanol–water partition coefficient (Wildman–Crippen LogP) is 7.57. The molecule has 0 fully saturated rings. The summed E-state index contributed by atoms with van der Waals surface area (Å²) in [5.74, 6) is 1.12. The molecule has 0 saturated heterocycles. The van der Waals surface area contributed by atoms with E-state index < -0.39 is 20.0 Å². The van der Waals surface area contributed by atoms with Crippen molar-refractivity contribution in [2.24, 2.45) is 0 Å². The molecule has 0 atom stereocenters. The van der Waals surface area contributed by atoms with Crippen molar-refractivity contribution in [1.82, 2.24) is 7.94 Å². The Bertz CT molecular complexity index is 2560. The minimum absolute atomic E-state index is 0.100. The molecule has 0 bridgehead atoms. The van der Waals surface area contributed by atoms with Crippen LogP contribution in [0.15, 0.2) is 137 Å². The van der Waals surface area contributed by atoms with E-state index >= 15 is 0 Å². The lowest BCUT2D eigenvalue weighted by molar-refractivity contribution is 0.185. The summed E-state index contributed by atoms with van der Waals surface area (Å²) in [5.41, 5.74) is 3.19. The first-order valence-corrected chi connectivity index (χ1v) is 18.2. The lowest BCUT2D eigenvalue weighted by Gasteiger charge is -2.19. The highest BCUT2D eigenvalue weighted by Crippen LogP contribution is 2.43. The van der Waals surface area contributed by atoms with E-state index in [1.54, 1.807) is 137 Å². The highest BCUT2D eigenvalue weighted by molar-refractivity contribution is 7.90. The van der Waals surface area contributed by atoms with Gasteiger partial charge in [0.15, 0.2) is 0 Å². The summed E-state index contributed by atoms with van der Waals surface area (Å²) < 4.78 is 77.5. The smallest absolute Gasteiger partial charge is 0.268 e. The number of methoxy groups -OCH3 is 3. The molecule has 5 aromatic carbocycles. The molecule has 0 spiro atoms. The molecule has 0 aliphatic heterocycles. The van der Waals surface area contributed by atoms with Crippen LogP contribution in [0.25, 0.3) is 44.3 Å². The van der Waals surface area contributed by atoms with Gasteiger partial charge in [0.25, 0.3) is 20.0 Å². The number of rotatable bonds is 10. The van der Waals surface area contributed by atoms with Gasteiger partial charge in [-0.2, -0.15) is 0 Å². The van der Waals surface area contributed by atoms with Crippen molar-refractivity contribution in [3.8, 4) is 34.0 Å². The van der Waals surface area contributed by atoms with Gasteiger partial charge in [0.05, 0.1) is 53.0 Å². The van der Waals surface area contributed by atoms with Crippen LogP contribution in [0.4, 0.5) is 0 Å². The van der Waals surface area contributed by atoms with Gasteiger partial charge in [-0.25, -0.2) is 24.8 Å². The minimum atomic E-state index is -4.17. The quantitative estimate of drug-likeness (QED) is 0.146. The number of fused-ring (bicyclic) bond motifs is 2. The summed E-state index contributed by atoms with van der Waals surface area (Å²) in [6.45, 7) is 0.124. The summed E-state index contributed by atoms with van der Waals surface area (Å²) in [6, 6.07) is 35.8. The third kappa shape index (κ3) is 5.45. The summed E-state index contributed by atoms with van der Waals surface area (Å²) in [7, 11) is -3.68. The second-order valence-corrected chi connectivity index (χ2v) is 14.9. The molecule has 7 rings (SSSR count). The third-order valence-corrected chi connectivity index (χ3v) is 12.0. The van der Waals surface area contributed by atoms with E-state index in [-0.39, 0.29) is 16.4 Å². The molecule has 2 heterocycles. The van der Waals surface area contributed by atoms with Gasteiger partial charge in [-0.1, -0.05) is 54.6 Å². The number of hydrogen-bond donors (Lipinski definition) is 0. The average Bonchev–Trinajstić information content (AvgIpc) is 3.71. The maximum Gasteiger partial charge on any atom is 0.268 e. The minimum Gasteiger partial charge on any atom is -0.497 e. The molecule has 0 amide bonds. The molecular weight excluding hydrogens is 661 g/mol. The van der Waals surface area contributed by atoms with Crippen LogP contribution in [0, 0.1) is 0 Å². The van der Waals surface area contributed by atoms with Gasteiger partial charge in [-0.05, 0) is 78.4 Å². The van der Waals surface area contributed by atoms with Crippen LogP contribution in [0.3, 0.4) is 0 Å². The lowest BCUT2D eigenvalue weighted by Crippen LogP contribution is -2.16. The molecule has 248 valence electrons. The molecule has 0 saturated carbocycles. The van der Waals surface area contributed by atoms with E-state index in [1.807, 2.05) is 12.1 Å².